The highest BCUT2D eigenvalue weighted by atomic mass is 16.4. The maximum absolute atomic E-state index is 10.3. The van der Waals surface area contributed by atoms with Gasteiger partial charge in [0.05, 0.1) is 0 Å². The Hall–Kier alpha value is -0.570. The highest BCUT2D eigenvalue weighted by Gasteiger charge is 2.24. The molecule has 10 heavy (non-hydrogen) atoms. The first kappa shape index (κ1) is 7.54. The summed E-state index contributed by atoms with van der Waals surface area (Å²) in [7, 11) is 0. The minimum Gasteiger partial charge on any atom is -0.481 e. The molecule has 3 nitrogen and oxygen atoms in total. The van der Waals surface area contributed by atoms with Crippen LogP contribution in [0.4, 0.5) is 0 Å². The molecule has 1 aliphatic heterocycles. The summed E-state index contributed by atoms with van der Waals surface area (Å²) in [6.45, 7) is 3.01. The van der Waals surface area contributed by atoms with E-state index in [-0.39, 0.29) is 0 Å². The van der Waals surface area contributed by atoms with Crippen LogP contribution in [-0.4, -0.2) is 23.7 Å². The van der Waals surface area contributed by atoms with E-state index in [1.165, 1.54) is 0 Å². The molecule has 0 spiro atoms. The number of carbonyl (C=O) groups is 1. The molecule has 58 valence electrons. The number of hydrogen-bond acceptors (Lipinski definition) is 2. The number of rotatable bonds is 2. The van der Waals surface area contributed by atoms with Crippen molar-refractivity contribution in [1.82, 2.24) is 5.32 Å². The average Bonchev–Trinajstić information content (AvgIpc) is 2.15. The first-order valence-corrected chi connectivity index (χ1v) is 3.65. The Labute approximate surface area is 60.4 Å². The van der Waals surface area contributed by atoms with Gasteiger partial charge in [-0.2, -0.15) is 0 Å². The van der Waals surface area contributed by atoms with Crippen molar-refractivity contribution in [2.45, 2.75) is 25.8 Å². The van der Waals surface area contributed by atoms with E-state index < -0.39 is 5.97 Å². The lowest BCUT2D eigenvalue weighted by Crippen LogP contribution is -2.24. The molecule has 0 radical (unpaired) electrons. The SMILES string of the molecule is C[C@H]1NCC[C@@H]1CC(=O)O. The molecule has 0 aliphatic carbocycles. The van der Waals surface area contributed by atoms with E-state index in [1.54, 1.807) is 0 Å². The molecule has 2 atom stereocenters. The largest absolute Gasteiger partial charge is 0.481 e. The third-order valence-electron chi connectivity index (χ3n) is 2.13. The van der Waals surface area contributed by atoms with Gasteiger partial charge in [-0.05, 0) is 25.8 Å². The highest BCUT2D eigenvalue weighted by Crippen LogP contribution is 2.18. The van der Waals surface area contributed by atoms with E-state index >= 15 is 0 Å². The summed E-state index contributed by atoms with van der Waals surface area (Å²) in [5.41, 5.74) is 0. The minimum atomic E-state index is -0.680. The maximum Gasteiger partial charge on any atom is 0.303 e. The molecule has 1 saturated heterocycles. The van der Waals surface area contributed by atoms with Crippen molar-refractivity contribution >= 4 is 5.97 Å². The molecule has 0 aromatic rings. The summed E-state index contributed by atoms with van der Waals surface area (Å²) in [6.07, 6.45) is 1.32. The van der Waals surface area contributed by atoms with Crippen LogP contribution in [0.5, 0.6) is 0 Å². The topological polar surface area (TPSA) is 49.3 Å². The molecule has 0 amide bonds. The summed E-state index contributed by atoms with van der Waals surface area (Å²) in [4.78, 5) is 10.3. The van der Waals surface area contributed by atoms with Crippen LogP contribution < -0.4 is 5.32 Å². The molecule has 0 aromatic carbocycles. The molecule has 0 bridgehead atoms. The van der Waals surface area contributed by atoms with Gasteiger partial charge >= 0.3 is 5.97 Å². The van der Waals surface area contributed by atoms with E-state index in [0.29, 0.717) is 18.4 Å². The predicted octanol–water partition coefficient (Wildman–Crippen LogP) is 0.459. The van der Waals surface area contributed by atoms with Crippen LogP contribution in [0.1, 0.15) is 19.8 Å². The lowest BCUT2D eigenvalue weighted by molar-refractivity contribution is -0.138. The molecule has 1 fully saturated rings. The molecule has 0 aromatic heterocycles. The van der Waals surface area contributed by atoms with Gasteiger partial charge in [0, 0.05) is 12.5 Å². The molecule has 0 saturated carbocycles. The van der Waals surface area contributed by atoms with Crippen molar-refractivity contribution in [2.75, 3.05) is 6.54 Å². The van der Waals surface area contributed by atoms with Gasteiger partial charge in [-0.25, -0.2) is 0 Å². The van der Waals surface area contributed by atoms with Gasteiger partial charge in [-0.1, -0.05) is 0 Å². The second-order valence-electron chi connectivity index (χ2n) is 2.89. The normalized spacial score (nSPS) is 32.5. The van der Waals surface area contributed by atoms with Gasteiger partial charge in [0.25, 0.3) is 0 Å². The first-order valence-electron chi connectivity index (χ1n) is 3.65. The quantitative estimate of drug-likeness (QED) is 0.590. The Bertz CT molecular complexity index is 136. The van der Waals surface area contributed by atoms with Gasteiger partial charge in [0.1, 0.15) is 0 Å². The molecule has 1 aliphatic rings. The van der Waals surface area contributed by atoms with E-state index in [9.17, 15) is 4.79 Å². The highest BCUT2D eigenvalue weighted by molar-refractivity contribution is 5.67. The second kappa shape index (κ2) is 3.01. The summed E-state index contributed by atoms with van der Waals surface area (Å²) in [6, 6.07) is 0.385. The molecular formula is C7H13NO2. The Kier molecular flexibility index (Phi) is 2.27. The molecule has 1 heterocycles. The Morgan fingerprint density at radius 1 is 1.80 bits per heavy atom. The summed E-state index contributed by atoms with van der Waals surface area (Å²) in [5.74, 6) is -0.335. The van der Waals surface area contributed by atoms with E-state index in [2.05, 4.69) is 5.32 Å². The summed E-state index contributed by atoms with van der Waals surface area (Å²) in [5, 5.41) is 11.7. The monoisotopic (exact) mass is 143 g/mol. The fraction of sp³-hybridized carbons (Fsp3) is 0.857. The van der Waals surface area contributed by atoms with Gasteiger partial charge in [-0.3, -0.25) is 4.79 Å². The fourth-order valence-electron chi connectivity index (χ4n) is 1.42. The molecular weight excluding hydrogens is 130 g/mol. The number of hydrogen-bond donors (Lipinski definition) is 2. The van der Waals surface area contributed by atoms with Crippen LogP contribution in [0.2, 0.25) is 0 Å². The summed E-state index contributed by atoms with van der Waals surface area (Å²) >= 11 is 0. The standard InChI is InChI=1S/C7H13NO2/c1-5-6(2-3-8-5)4-7(9)10/h5-6,8H,2-4H2,1H3,(H,9,10)/t5-,6-/m1/s1. The van der Waals surface area contributed by atoms with Crippen LogP contribution in [0.15, 0.2) is 0 Å². The Morgan fingerprint density at radius 2 is 2.50 bits per heavy atom. The number of nitrogens with one attached hydrogen (secondary N) is 1. The van der Waals surface area contributed by atoms with Crippen molar-refractivity contribution in [3.63, 3.8) is 0 Å². The second-order valence-corrected chi connectivity index (χ2v) is 2.89. The molecule has 3 heteroatoms. The minimum absolute atomic E-state index is 0.314. The van der Waals surface area contributed by atoms with E-state index in [1.807, 2.05) is 6.92 Å². The van der Waals surface area contributed by atoms with Gasteiger partial charge in [-0.15, -0.1) is 0 Å². The van der Waals surface area contributed by atoms with Gasteiger partial charge in [0.15, 0.2) is 0 Å². The average molecular weight is 143 g/mol. The van der Waals surface area contributed by atoms with Crippen molar-refractivity contribution < 1.29 is 9.90 Å². The zero-order valence-electron chi connectivity index (χ0n) is 6.13. The lowest BCUT2D eigenvalue weighted by atomic mass is 9.99. The number of aliphatic carboxylic acids is 1. The van der Waals surface area contributed by atoms with Crippen LogP contribution >= 0.6 is 0 Å². The number of carboxylic acid groups (broad SMARTS) is 1. The van der Waals surface area contributed by atoms with Crippen molar-refractivity contribution in [3.8, 4) is 0 Å². The van der Waals surface area contributed by atoms with Crippen molar-refractivity contribution in [3.05, 3.63) is 0 Å². The number of carboxylic acids is 1. The predicted molar refractivity (Wildman–Crippen MR) is 37.8 cm³/mol. The van der Waals surface area contributed by atoms with E-state index in [0.717, 1.165) is 13.0 Å². The molecule has 0 unspecified atom stereocenters. The first-order chi connectivity index (χ1) is 4.70. The third kappa shape index (κ3) is 1.70. The van der Waals surface area contributed by atoms with Crippen LogP contribution in [0.25, 0.3) is 0 Å². The van der Waals surface area contributed by atoms with Crippen LogP contribution in [0.3, 0.4) is 0 Å². The summed E-state index contributed by atoms with van der Waals surface area (Å²) < 4.78 is 0. The Morgan fingerprint density at radius 3 is 2.90 bits per heavy atom. The molecule has 2 N–H and O–H groups in total. The lowest BCUT2D eigenvalue weighted by Gasteiger charge is -2.10. The van der Waals surface area contributed by atoms with Crippen LogP contribution in [0, 0.1) is 5.92 Å². The maximum atomic E-state index is 10.3. The van der Waals surface area contributed by atoms with Gasteiger partial charge in [0.2, 0.25) is 0 Å². The van der Waals surface area contributed by atoms with Gasteiger partial charge < -0.3 is 10.4 Å². The third-order valence-corrected chi connectivity index (χ3v) is 2.13. The van der Waals surface area contributed by atoms with Crippen molar-refractivity contribution in [2.24, 2.45) is 5.92 Å². The Balaban J connectivity index is 2.33. The van der Waals surface area contributed by atoms with E-state index in [4.69, 9.17) is 5.11 Å². The zero-order chi connectivity index (χ0) is 7.56. The zero-order valence-corrected chi connectivity index (χ0v) is 6.13. The fourth-order valence-corrected chi connectivity index (χ4v) is 1.42. The molecule has 1 rings (SSSR count). The smallest absolute Gasteiger partial charge is 0.303 e. The van der Waals surface area contributed by atoms with Crippen LogP contribution in [-0.2, 0) is 4.79 Å². The van der Waals surface area contributed by atoms with Crippen molar-refractivity contribution in [1.29, 1.82) is 0 Å².